The van der Waals surface area contributed by atoms with Crippen LogP contribution in [0.3, 0.4) is 0 Å². The molecule has 1 aliphatic heterocycles. The lowest BCUT2D eigenvalue weighted by molar-refractivity contribution is 0.191. The molecule has 5 rings (SSSR count). The molecule has 2 aromatic rings. The molecule has 39 heavy (non-hydrogen) atoms. The largest absolute Gasteiger partial charge is 0.299 e. The fraction of sp³-hybridized carbons (Fsp3) is 0.600. The van der Waals surface area contributed by atoms with E-state index in [1.165, 1.54) is 75.3 Å². The first-order valence-electron chi connectivity index (χ1n) is 14.7. The molecule has 3 aliphatic rings. The second-order valence-electron chi connectivity index (χ2n) is 11.5. The van der Waals surface area contributed by atoms with Crippen LogP contribution in [0.2, 0.25) is 0 Å². The van der Waals surface area contributed by atoms with Gasteiger partial charge in [-0.3, -0.25) is 4.90 Å². The van der Waals surface area contributed by atoms with Crippen LogP contribution in [0.15, 0.2) is 58.3 Å². The van der Waals surface area contributed by atoms with Crippen LogP contribution < -0.4 is 4.72 Å². The van der Waals surface area contributed by atoms with Crippen molar-refractivity contribution >= 4 is 20.0 Å². The Kier molecular flexibility index (Phi) is 9.44. The first-order valence-corrected chi connectivity index (χ1v) is 17.7. The van der Waals surface area contributed by atoms with Crippen molar-refractivity contribution in [3.63, 3.8) is 0 Å². The predicted molar refractivity (Wildman–Crippen MR) is 155 cm³/mol. The van der Waals surface area contributed by atoms with E-state index in [1.54, 1.807) is 28.6 Å². The Morgan fingerprint density at radius 2 is 1.08 bits per heavy atom. The molecule has 7 nitrogen and oxygen atoms in total. The Labute approximate surface area is 235 Å². The Balaban J connectivity index is 1.08. The van der Waals surface area contributed by atoms with Crippen molar-refractivity contribution in [3.8, 4) is 0 Å². The third-order valence-electron chi connectivity index (χ3n) is 8.91. The number of rotatable bonds is 9. The Morgan fingerprint density at radius 1 is 0.615 bits per heavy atom. The summed E-state index contributed by atoms with van der Waals surface area (Å²) in [7, 11) is -7.10. The standard InChI is InChI=1S/C30H43N3O4S2/c34-38(35,29-15-11-27(12-16-29)25-7-3-1-4-8-25)31-19-20-32-21-23-33(24-22-32)39(36,37)30-17-13-28(14-18-30)26-9-5-2-6-10-26/h11-18,25-26,31H,1-10,19-24H2. The summed E-state index contributed by atoms with van der Waals surface area (Å²) in [6.07, 6.45) is 12.4. The Morgan fingerprint density at radius 3 is 1.56 bits per heavy atom. The fourth-order valence-corrected chi connectivity index (χ4v) is 8.91. The number of piperazine rings is 1. The lowest BCUT2D eigenvalue weighted by Gasteiger charge is -2.34. The summed E-state index contributed by atoms with van der Waals surface area (Å²) in [5, 5.41) is 0. The van der Waals surface area contributed by atoms with Gasteiger partial charge in [-0.15, -0.1) is 0 Å². The van der Waals surface area contributed by atoms with Crippen molar-refractivity contribution in [3.05, 3.63) is 59.7 Å². The average molecular weight is 574 g/mol. The number of hydrogen-bond acceptors (Lipinski definition) is 5. The summed E-state index contributed by atoms with van der Waals surface area (Å²) in [6.45, 7) is 2.81. The molecule has 9 heteroatoms. The summed E-state index contributed by atoms with van der Waals surface area (Å²) in [6, 6.07) is 14.9. The van der Waals surface area contributed by atoms with Gasteiger partial charge >= 0.3 is 0 Å². The summed E-state index contributed by atoms with van der Waals surface area (Å²) in [5.74, 6) is 1.10. The summed E-state index contributed by atoms with van der Waals surface area (Å²) < 4.78 is 56.3. The molecule has 3 fully saturated rings. The van der Waals surface area contributed by atoms with Gasteiger partial charge in [0.1, 0.15) is 0 Å². The van der Waals surface area contributed by atoms with E-state index in [0.717, 1.165) is 0 Å². The zero-order chi connectivity index (χ0) is 27.3. The highest BCUT2D eigenvalue weighted by molar-refractivity contribution is 7.89. The van der Waals surface area contributed by atoms with Crippen molar-refractivity contribution < 1.29 is 16.8 Å². The highest BCUT2D eigenvalue weighted by Gasteiger charge is 2.29. The second kappa shape index (κ2) is 12.8. The molecule has 1 saturated heterocycles. The average Bonchev–Trinajstić information content (AvgIpc) is 2.98. The zero-order valence-electron chi connectivity index (χ0n) is 22.9. The SMILES string of the molecule is O=S(=O)(NCCN1CCN(S(=O)(=O)c2ccc(C3CCCCC3)cc2)CC1)c1ccc(C2CCCCC2)cc1. The molecule has 2 aliphatic carbocycles. The number of nitrogens with one attached hydrogen (secondary N) is 1. The third kappa shape index (κ3) is 7.11. The Bertz CT molecular complexity index is 1270. The topological polar surface area (TPSA) is 86.8 Å². The second-order valence-corrected chi connectivity index (χ2v) is 15.2. The molecule has 1 heterocycles. The third-order valence-corrected chi connectivity index (χ3v) is 12.3. The van der Waals surface area contributed by atoms with Crippen LogP contribution in [0.5, 0.6) is 0 Å². The van der Waals surface area contributed by atoms with Gasteiger partial charge < -0.3 is 0 Å². The van der Waals surface area contributed by atoms with Gasteiger partial charge in [0.25, 0.3) is 0 Å². The molecule has 1 N–H and O–H groups in total. The van der Waals surface area contributed by atoms with E-state index in [-0.39, 0.29) is 0 Å². The van der Waals surface area contributed by atoms with Crippen molar-refractivity contribution in [2.24, 2.45) is 0 Å². The molecule has 0 bridgehead atoms. The van der Waals surface area contributed by atoms with Crippen LogP contribution in [-0.2, 0) is 20.0 Å². The number of sulfonamides is 2. The van der Waals surface area contributed by atoms with Crippen LogP contribution in [0.4, 0.5) is 0 Å². The first kappa shape index (κ1) is 28.7. The molecule has 2 aromatic carbocycles. The van der Waals surface area contributed by atoms with Crippen LogP contribution in [0.1, 0.15) is 87.2 Å². The Hall–Kier alpha value is -1.78. The molecule has 0 radical (unpaired) electrons. The van der Waals surface area contributed by atoms with E-state index >= 15 is 0 Å². The monoisotopic (exact) mass is 573 g/mol. The lowest BCUT2D eigenvalue weighted by Crippen LogP contribution is -2.50. The minimum Gasteiger partial charge on any atom is -0.299 e. The van der Waals surface area contributed by atoms with Crippen molar-refractivity contribution in [2.75, 3.05) is 39.3 Å². The van der Waals surface area contributed by atoms with E-state index in [4.69, 9.17) is 0 Å². The van der Waals surface area contributed by atoms with Crippen LogP contribution in [0, 0.1) is 0 Å². The number of nitrogens with zero attached hydrogens (tertiary/aromatic N) is 2. The van der Waals surface area contributed by atoms with Crippen LogP contribution in [-0.4, -0.2) is 65.3 Å². The minimum atomic E-state index is -3.57. The molecular weight excluding hydrogens is 530 g/mol. The van der Waals surface area contributed by atoms with Crippen LogP contribution in [0.25, 0.3) is 0 Å². The van der Waals surface area contributed by atoms with Gasteiger partial charge in [0.15, 0.2) is 0 Å². The maximum absolute atomic E-state index is 13.2. The summed E-state index contributed by atoms with van der Waals surface area (Å²) in [4.78, 5) is 2.78. The van der Waals surface area contributed by atoms with Gasteiger partial charge in [0, 0.05) is 39.3 Å². The maximum Gasteiger partial charge on any atom is 0.243 e. The van der Waals surface area contributed by atoms with Gasteiger partial charge in [-0.1, -0.05) is 62.8 Å². The molecule has 2 saturated carbocycles. The highest BCUT2D eigenvalue weighted by atomic mass is 32.2. The van der Waals surface area contributed by atoms with Gasteiger partial charge in [-0.05, 0) is 72.9 Å². The van der Waals surface area contributed by atoms with Gasteiger partial charge in [0.05, 0.1) is 9.79 Å². The normalized spacial score (nSPS) is 21.2. The molecular formula is C30H43N3O4S2. The van der Waals surface area contributed by atoms with E-state index in [2.05, 4.69) is 9.62 Å². The van der Waals surface area contributed by atoms with E-state index in [1.807, 2.05) is 24.3 Å². The van der Waals surface area contributed by atoms with Gasteiger partial charge in [-0.2, -0.15) is 4.31 Å². The predicted octanol–water partition coefficient (Wildman–Crippen LogP) is 5.07. The molecule has 214 valence electrons. The molecule has 0 unspecified atom stereocenters. The van der Waals surface area contributed by atoms with Crippen molar-refractivity contribution in [1.82, 2.24) is 13.9 Å². The minimum absolute atomic E-state index is 0.294. The molecule has 0 aromatic heterocycles. The molecule has 0 spiro atoms. The van der Waals surface area contributed by atoms with Gasteiger partial charge in [-0.25, -0.2) is 21.6 Å². The van der Waals surface area contributed by atoms with Gasteiger partial charge in [0.2, 0.25) is 20.0 Å². The lowest BCUT2D eigenvalue weighted by atomic mass is 9.84. The van der Waals surface area contributed by atoms with Crippen molar-refractivity contribution in [1.29, 1.82) is 0 Å². The fourth-order valence-electron chi connectivity index (χ4n) is 6.47. The van der Waals surface area contributed by atoms with Crippen molar-refractivity contribution in [2.45, 2.75) is 85.8 Å². The summed E-state index contributed by atoms with van der Waals surface area (Å²) in [5.41, 5.74) is 2.49. The zero-order valence-corrected chi connectivity index (χ0v) is 24.6. The number of benzene rings is 2. The maximum atomic E-state index is 13.2. The highest BCUT2D eigenvalue weighted by Crippen LogP contribution is 2.34. The van der Waals surface area contributed by atoms with E-state index in [0.29, 0.717) is 60.9 Å². The number of hydrogen-bond donors (Lipinski definition) is 1. The first-order chi connectivity index (χ1) is 18.8. The van der Waals surface area contributed by atoms with E-state index < -0.39 is 20.0 Å². The van der Waals surface area contributed by atoms with E-state index in [9.17, 15) is 16.8 Å². The molecule has 0 amide bonds. The quantitative estimate of drug-likeness (QED) is 0.453. The van der Waals surface area contributed by atoms with Crippen LogP contribution >= 0.6 is 0 Å². The summed E-state index contributed by atoms with van der Waals surface area (Å²) >= 11 is 0. The molecule has 0 atom stereocenters. The smallest absolute Gasteiger partial charge is 0.243 e.